The first kappa shape index (κ1) is 25.1. The third kappa shape index (κ3) is 7.84. The first-order chi connectivity index (χ1) is 13.0. The van der Waals surface area contributed by atoms with E-state index in [0.717, 1.165) is 19.6 Å². The molecule has 0 aromatic heterocycles. The van der Waals surface area contributed by atoms with Gasteiger partial charge in [-0.25, -0.2) is 13.1 Å². The molecule has 7 nitrogen and oxygen atoms in total. The van der Waals surface area contributed by atoms with Gasteiger partial charge in [-0.3, -0.25) is 4.99 Å². The molecule has 9 heteroatoms. The van der Waals surface area contributed by atoms with Crippen molar-refractivity contribution in [2.45, 2.75) is 37.0 Å². The summed E-state index contributed by atoms with van der Waals surface area (Å²) >= 11 is 0. The lowest BCUT2D eigenvalue weighted by Gasteiger charge is -2.30. The fourth-order valence-corrected chi connectivity index (χ4v) is 4.55. The molecule has 1 saturated carbocycles. The number of hydrogen-bond acceptors (Lipinski definition) is 4. The number of rotatable bonds is 10. The Kier molecular flexibility index (Phi) is 11.3. The van der Waals surface area contributed by atoms with Crippen LogP contribution in [0.5, 0.6) is 0 Å². The number of nitrogens with one attached hydrogen (secondary N) is 3. The molecule has 0 aliphatic heterocycles. The van der Waals surface area contributed by atoms with Crippen LogP contribution in [0.15, 0.2) is 40.2 Å². The van der Waals surface area contributed by atoms with Gasteiger partial charge in [0.2, 0.25) is 10.0 Å². The number of hydrogen-bond donors (Lipinski definition) is 3. The van der Waals surface area contributed by atoms with Crippen LogP contribution in [-0.4, -0.2) is 54.8 Å². The standard InChI is InChI=1S/C19H32N4O3S.HI/c1-20-18(22-16-19(12-15-26-2)10-6-7-11-19)21-13-14-23-27(24,25)17-8-4-3-5-9-17;/h3-5,8-9,23H,6-7,10-16H2,1-2H3,(H2,20,21,22);1H. The van der Waals surface area contributed by atoms with E-state index in [4.69, 9.17) is 4.74 Å². The van der Waals surface area contributed by atoms with Crippen molar-refractivity contribution < 1.29 is 13.2 Å². The van der Waals surface area contributed by atoms with E-state index in [0.29, 0.717) is 12.5 Å². The van der Waals surface area contributed by atoms with Gasteiger partial charge in [0.05, 0.1) is 4.90 Å². The van der Waals surface area contributed by atoms with Crippen LogP contribution >= 0.6 is 24.0 Å². The minimum Gasteiger partial charge on any atom is -0.385 e. The summed E-state index contributed by atoms with van der Waals surface area (Å²) in [4.78, 5) is 4.51. The maximum atomic E-state index is 12.2. The zero-order valence-electron chi connectivity index (χ0n) is 16.7. The molecular weight excluding hydrogens is 491 g/mol. The Morgan fingerprint density at radius 2 is 1.82 bits per heavy atom. The zero-order valence-corrected chi connectivity index (χ0v) is 19.9. The van der Waals surface area contributed by atoms with Gasteiger partial charge in [-0.2, -0.15) is 0 Å². The summed E-state index contributed by atoms with van der Waals surface area (Å²) in [5.74, 6) is 0.692. The van der Waals surface area contributed by atoms with Crippen molar-refractivity contribution >= 4 is 40.0 Å². The minimum atomic E-state index is -3.47. The number of nitrogens with zero attached hydrogens (tertiary/aromatic N) is 1. The van der Waals surface area contributed by atoms with E-state index >= 15 is 0 Å². The van der Waals surface area contributed by atoms with Gasteiger partial charge in [-0.05, 0) is 36.8 Å². The van der Waals surface area contributed by atoms with Crippen LogP contribution in [0.2, 0.25) is 0 Å². The van der Waals surface area contributed by atoms with Crippen LogP contribution in [0.25, 0.3) is 0 Å². The largest absolute Gasteiger partial charge is 0.385 e. The Hall–Kier alpha value is -0.910. The van der Waals surface area contributed by atoms with Crippen molar-refractivity contribution in [2.24, 2.45) is 10.4 Å². The highest BCUT2D eigenvalue weighted by Crippen LogP contribution is 2.40. The Morgan fingerprint density at radius 3 is 2.43 bits per heavy atom. The summed E-state index contributed by atoms with van der Waals surface area (Å²) in [5, 5.41) is 6.57. The SMILES string of the molecule is CN=C(NCCNS(=O)(=O)c1ccccc1)NCC1(CCOC)CCCC1.I. The topological polar surface area (TPSA) is 91.8 Å². The molecule has 0 unspecified atom stereocenters. The summed E-state index contributed by atoms with van der Waals surface area (Å²) in [5.41, 5.74) is 0.266. The second-order valence-electron chi connectivity index (χ2n) is 7.01. The minimum absolute atomic E-state index is 0. The number of aliphatic imine (C=N–C) groups is 1. The number of methoxy groups -OCH3 is 1. The third-order valence-corrected chi connectivity index (χ3v) is 6.60. The van der Waals surface area contributed by atoms with Gasteiger partial charge >= 0.3 is 0 Å². The Balaban J connectivity index is 0.00000392. The second-order valence-corrected chi connectivity index (χ2v) is 8.78. The van der Waals surface area contributed by atoms with Crippen LogP contribution < -0.4 is 15.4 Å². The van der Waals surface area contributed by atoms with E-state index in [1.807, 2.05) is 0 Å². The maximum Gasteiger partial charge on any atom is 0.240 e. The molecule has 0 radical (unpaired) electrons. The lowest BCUT2D eigenvalue weighted by atomic mass is 9.83. The molecule has 1 aliphatic rings. The monoisotopic (exact) mass is 524 g/mol. The maximum absolute atomic E-state index is 12.2. The summed E-state index contributed by atoms with van der Waals surface area (Å²) < 4.78 is 32.3. The molecule has 0 heterocycles. The zero-order chi connectivity index (χ0) is 19.6. The highest BCUT2D eigenvalue weighted by atomic mass is 127. The molecule has 1 fully saturated rings. The van der Waals surface area contributed by atoms with Gasteiger partial charge in [0.1, 0.15) is 0 Å². The van der Waals surface area contributed by atoms with Gasteiger partial charge in [0.15, 0.2) is 5.96 Å². The van der Waals surface area contributed by atoms with E-state index < -0.39 is 10.0 Å². The van der Waals surface area contributed by atoms with Crippen LogP contribution in [0.1, 0.15) is 32.1 Å². The number of halogens is 1. The molecule has 1 aliphatic carbocycles. The van der Waals surface area contributed by atoms with Crippen LogP contribution in [0.4, 0.5) is 0 Å². The lowest BCUT2D eigenvalue weighted by Crippen LogP contribution is -2.45. The Morgan fingerprint density at radius 1 is 1.14 bits per heavy atom. The summed E-state index contributed by atoms with van der Waals surface area (Å²) in [6.45, 7) is 2.37. The fraction of sp³-hybridized carbons (Fsp3) is 0.632. The normalized spacial score (nSPS) is 16.4. The first-order valence-electron chi connectivity index (χ1n) is 9.49. The first-order valence-corrected chi connectivity index (χ1v) is 11.0. The van der Waals surface area contributed by atoms with Crippen molar-refractivity contribution in [3.8, 4) is 0 Å². The molecule has 0 amide bonds. The van der Waals surface area contributed by atoms with E-state index in [1.165, 1.54) is 25.7 Å². The molecule has 1 aromatic rings. The van der Waals surface area contributed by atoms with Gasteiger partial charge < -0.3 is 15.4 Å². The second kappa shape index (κ2) is 12.6. The average molecular weight is 524 g/mol. The smallest absolute Gasteiger partial charge is 0.240 e. The Labute approximate surface area is 186 Å². The molecule has 0 spiro atoms. The van der Waals surface area contributed by atoms with Crippen molar-refractivity contribution in [3.63, 3.8) is 0 Å². The third-order valence-electron chi connectivity index (χ3n) is 5.12. The summed E-state index contributed by atoms with van der Waals surface area (Å²) in [6.07, 6.45) is 5.98. The van der Waals surface area contributed by atoms with Gasteiger partial charge in [-0.15, -0.1) is 24.0 Å². The number of guanidine groups is 1. The fourth-order valence-electron chi connectivity index (χ4n) is 3.50. The van der Waals surface area contributed by atoms with Crippen molar-refractivity contribution in [3.05, 3.63) is 30.3 Å². The van der Waals surface area contributed by atoms with Crippen molar-refractivity contribution in [1.82, 2.24) is 15.4 Å². The molecule has 3 N–H and O–H groups in total. The van der Waals surface area contributed by atoms with E-state index in [1.54, 1.807) is 44.5 Å². The molecule has 1 aromatic carbocycles. The van der Waals surface area contributed by atoms with Gasteiger partial charge in [0, 0.05) is 40.4 Å². The van der Waals surface area contributed by atoms with Gasteiger partial charge in [-0.1, -0.05) is 31.0 Å². The van der Waals surface area contributed by atoms with E-state index in [-0.39, 0.29) is 40.8 Å². The summed E-state index contributed by atoms with van der Waals surface area (Å²) in [6, 6.07) is 8.37. The molecule has 28 heavy (non-hydrogen) atoms. The highest BCUT2D eigenvalue weighted by Gasteiger charge is 2.33. The molecule has 160 valence electrons. The Bertz CT molecular complexity index is 692. The van der Waals surface area contributed by atoms with Crippen LogP contribution in [0, 0.1) is 5.41 Å². The number of sulfonamides is 1. The van der Waals surface area contributed by atoms with Crippen molar-refractivity contribution in [1.29, 1.82) is 0 Å². The molecule has 0 bridgehead atoms. The predicted octanol–water partition coefficient (Wildman–Crippen LogP) is 2.34. The van der Waals surface area contributed by atoms with E-state index in [2.05, 4.69) is 20.3 Å². The molecule has 0 atom stereocenters. The molecule has 0 saturated heterocycles. The van der Waals surface area contributed by atoms with Crippen LogP contribution in [-0.2, 0) is 14.8 Å². The van der Waals surface area contributed by atoms with E-state index in [9.17, 15) is 8.42 Å². The molecule has 2 rings (SSSR count). The summed E-state index contributed by atoms with van der Waals surface area (Å²) in [7, 11) is -0.00928. The van der Waals surface area contributed by atoms with Crippen LogP contribution in [0.3, 0.4) is 0 Å². The van der Waals surface area contributed by atoms with Gasteiger partial charge in [0.25, 0.3) is 0 Å². The predicted molar refractivity (Wildman–Crippen MR) is 124 cm³/mol. The molecular formula is C19H33IN4O3S. The lowest BCUT2D eigenvalue weighted by molar-refractivity contribution is 0.138. The quantitative estimate of drug-likeness (QED) is 0.189. The average Bonchev–Trinajstić information content (AvgIpc) is 3.15. The highest BCUT2D eigenvalue weighted by molar-refractivity contribution is 14.0. The number of benzene rings is 1. The van der Waals surface area contributed by atoms with Crippen molar-refractivity contribution in [2.75, 3.05) is 40.4 Å². The number of ether oxygens (including phenoxy) is 1.